The van der Waals surface area contributed by atoms with Crippen LogP contribution in [-0.4, -0.2) is 29.8 Å². The van der Waals surface area contributed by atoms with Crippen molar-refractivity contribution in [1.29, 1.82) is 0 Å². The van der Waals surface area contributed by atoms with Gasteiger partial charge < -0.3 is 19.9 Å². The van der Waals surface area contributed by atoms with Crippen molar-refractivity contribution in [1.82, 2.24) is 20.8 Å². The van der Waals surface area contributed by atoms with Crippen molar-refractivity contribution in [2.24, 2.45) is 4.99 Å². The van der Waals surface area contributed by atoms with Gasteiger partial charge in [-0.15, -0.1) is 24.0 Å². The lowest BCUT2D eigenvalue weighted by atomic mass is 10.2. The number of guanidine groups is 1. The Labute approximate surface area is 165 Å². The zero-order valence-electron chi connectivity index (χ0n) is 13.4. The lowest BCUT2D eigenvalue weighted by Crippen LogP contribution is -2.36. The smallest absolute Gasteiger partial charge is 0.387 e. The Morgan fingerprint density at radius 2 is 2.08 bits per heavy atom. The molecule has 0 saturated carbocycles. The first kappa shape index (κ1) is 21.4. The van der Waals surface area contributed by atoms with E-state index in [0.29, 0.717) is 28.3 Å². The van der Waals surface area contributed by atoms with Gasteiger partial charge in [0.05, 0.1) is 6.54 Å². The van der Waals surface area contributed by atoms with Crippen molar-refractivity contribution in [3.05, 3.63) is 40.5 Å². The Morgan fingerprint density at radius 1 is 1.36 bits per heavy atom. The summed E-state index contributed by atoms with van der Waals surface area (Å²) in [6, 6.07) is 4.41. The second kappa shape index (κ2) is 10.3. The molecule has 0 atom stereocenters. The molecule has 0 aliphatic rings. The summed E-state index contributed by atoms with van der Waals surface area (Å²) in [5.74, 6) is 1.40. The number of halogens is 4. The average Bonchev–Trinajstić information content (AvgIpc) is 2.95. The molecule has 0 spiro atoms. The molecule has 0 aliphatic heterocycles. The molecule has 7 nitrogen and oxygen atoms in total. The topological polar surface area (TPSA) is 84.6 Å². The van der Waals surface area contributed by atoms with Gasteiger partial charge in [-0.25, -0.2) is 0 Å². The molecule has 1 aromatic heterocycles. The van der Waals surface area contributed by atoms with Crippen LogP contribution >= 0.6 is 35.6 Å². The maximum absolute atomic E-state index is 12.4. The van der Waals surface area contributed by atoms with Crippen LogP contribution < -0.4 is 15.4 Å². The van der Waals surface area contributed by atoms with Gasteiger partial charge in [0.25, 0.3) is 0 Å². The van der Waals surface area contributed by atoms with Gasteiger partial charge >= 0.3 is 6.61 Å². The molecule has 138 valence electrons. The molecule has 0 amide bonds. The quantitative estimate of drug-likeness (QED) is 0.370. The molecule has 1 heterocycles. The zero-order valence-corrected chi connectivity index (χ0v) is 16.5. The Kier molecular flexibility index (Phi) is 8.83. The standard InChI is InChI=1S/C14H16ClF2N5O2.HI/c1-8-21-12(24-22-8)7-20-14(18-2)19-6-9-5-10(15)3-4-11(9)23-13(16)17;/h3-5,13H,6-7H2,1-2H3,(H2,18,19,20);1H. The molecular weight excluding hydrogens is 471 g/mol. The summed E-state index contributed by atoms with van der Waals surface area (Å²) in [5.41, 5.74) is 0.472. The first-order chi connectivity index (χ1) is 11.5. The molecule has 2 aromatic rings. The maximum Gasteiger partial charge on any atom is 0.387 e. The predicted octanol–water partition coefficient (Wildman–Crippen LogP) is 3.12. The van der Waals surface area contributed by atoms with E-state index in [1.807, 2.05) is 0 Å². The highest BCUT2D eigenvalue weighted by Gasteiger charge is 2.11. The fraction of sp³-hybridized carbons (Fsp3) is 0.357. The van der Waals surface area contributed by atoms with Gasteiger partial charge in [-0.05, 0) is 25.1 Å². The van der Waals surface area contributed by atoms with Crippen molar-refractivity contribution < 1.29 is 18.0 Å². The van der Waals surface area contributed by atoms with Crippen LogP contribution in [0.2, 0.25) is 5.02 Å². The predicted molar refractivity (Wildman–Crippen MR) is 99.6 cm³/mol. The highest BCUT2D eigenvalue weighted by Crippen LogP contribution is 2.24. The van der Waals surface area contributed by atoms with Crippen molar-refractivity contribution in [2.45, 2.75) is 26.6 Å². The van der Waals surface area contributed by atoms with Crippen molar-refractivity contribution in [3.8, 4) is 5.75 Å². The lowest BCUT2D eigenvalue weighted by Gasteiger charge is -2.14. The Hall–Kier alpha value is -1.69. The molecule has 0 saturated heterocycles. The van der Waals surface area contributed by atoms with Crippen LogP contribution in [0.3, 0.4) is 0 Å². The number of alkyl halides is 2. The van der Waals surface area contributed by atoms with Crippen LogP contribution in [0.15, 0.2) is 27.7 Å². The van der Waals surface area contributed by atoms with Gasteiger partial charge in [-0.1, -0.05) is 16.8 Å². The second-order valence-electron chi connectivity index (χ2n) is 4.65. The molecule has 0 aliphatic carbocycles. The summed E-state index contributed by atoms with van der Waals surface area (Å²) in [4.78, 5) is 8.07. The van der Waals surface area contributed by atoms with E-state index in [4.69, 9.17) is 16.1 Å². The highest BCUT2D eigenvalue weighted by atomic mass is 127. The fourth-order valence-corrected chi connectivity index (χ4v) is 2.06. The van der Waals surface area contributed by atoms with E-state index in [2.05, 4.69) is 30.5 Å². The first-order valence-corrected chi connectivity index (χ1v) is 7.32. The third kappa shape index (κ3) is 6.98. The van der Waals surface area contributed by atoms with Crippen LogP contribution in [0, 0.1) is 6.92 Å². The van der Waals surface area contributed by atoms with Crippen molar-refractivity contribution in [2.75, 3.05) is 7.05 Å². The fourth-order valence-electron chi connectivity index (χ4n) is 1.87. The summed E-state index contributed by atoms with van der Waals surface area (Å²) >= 11 is 5.90. The summed E-state index contributed by atoms with van der Waals surface area (Å²) in [6.45, 7) is -0.742. The van der Waals surface area contributed by atoms with E-state index in [-0.39, 0.29) is 42.8 Å². The summed E-state index contributed by atoms with van der Waals surface area (Å²) < 4.78 is 34.3. The number of hydrogen-bond donors (Lipinski definition) is 2. The highest BCUT2D eigenvalue weighted by molar-refractivity contribution is 14.0. The number of hydrogen-bond acceptors (Lipinski definition) is 5. The first-order valence-electron chi connectivity index (χ1n) is 6.95. The van der Waals surface area contributed by atoms with E-state index in [0.717, 1.165) is 0 Å². The largest absolute Gasteiger partial charge is 0.434 e. The summed E-state index contributed by atoms with van der Waals surface area (Å²) in [7, 11) is 1.57. The summed E-state index contributed by atoms with van der Waals surface area (Å²) in [5, 5.41) is 10.0. The normalized spacial score (nSPS) is 11.2. The third-order valence-electron chi connectivity index (χ3n) is 2.89. The maximum atomic E-state index is 12.4. The van der Waals surface area contributed by atoms with E-state index in [1.165, 1.54) is 12.1 Å². The second-order valence-corrected chi connectivity index (χ2v) is 5.08. The monoisotopic (exact) mass is 487 g/mol. The van der Waals surface area contributed by atoms with Crippen LogP contribution in [0.4, 0.5) is 8.78 Å². The number of benzene rings is 1. The summed E-state index contributed by atoms with van der Waals surface area (Å²) in [6.07, 6.45) is 0. The zero-order chi connectivity index (χ0) is 17.5. The molecule has 2 rings (SSSR count). The van der Waals surface area contributed by atoms with Crippen LogP contribution in [0.25, 0.3) is 0 Å². The molecule has 0 bridgehead atoms. The molecule has 1 aromatic carbocycles. The van der Waals surface area contributed by atoms with Gasteiger partial charge in [0.15, 0.2) is 11.8 Å². The number of ether oxygens (including phenoxy) is 1. The van der Waals surface area contributed by atoms with Gasteiger partial charge in [0.1, 0.15) is 5.75 Å². The van der Waals surface area contributed by atoms with Gasteiger partial charge in [0, 0.05) is 24.2 Å². The molecule has 0 unspecified atom stereocenters. The molecule has 0 fully saturated rings. The van der Waals surface area contributed by atoms with Crippen molar-refractivity contribution in [3.63, 3.8) is 0 Å². The number of nitrogens with zero attached hydrogens (tertiary/aromatic N) is 3. The van der Waals surface area contributed by atoms with E-state index < -0.39 is 6.61 Å². The van der Waals surface area contributed by atoms with Gasteiger partial charge in [-0.2, -0.15) is 13.8 Å². The molecular formula is C14H17ClF2IN5O2. The number of aryl methyl sites for hydroxylation is 1. The molecule has 25 heavy (non-hydrogen) atoms. The lowest BCUT2D eigenvalue weighted by molar-refractivity contribution is -0.0504. The Morgan fingerprint density at radius 3 is 2.68 bits per heavy atom. The Bertz CT molecular complexity index is 714. The van der Waals surface area contributed by atoms with Crippen LogP contribution in [0.1, 0.15) is 17.3 Å². The van der Waals surface area contributed by atoms with Crippen LogP contribution in [-0.2, 0) is 13.1 Å². The Balaban J connectivity index is 0.00000312. The minimum Gasteiger partial charge on any atom is -0.434 e. The molecule has 11 heteroatoms. The van der Waals surface area contributed by atoms with Gasteiger partial charge in [-0.3, -0.25) is 4.99 Å². The van der Waals surface area contributed by atoms with Crippen LogP contribution in [0.5, 0.6) is 5.75 Å². The van der Waals surface area contributed by atoms with E-state index in [1.54, 1.807) is 20.0 Å². The van der Waals surface area contributed by atoms with E-state index >= 15 is 0 Å². The molecule has 2 N–H and O–H groups in total. The van der Waals surface area contributed by atoms with E-state index in [9.17, 15) is 8.78 Å². The number of aromatic nitrogens is 2. The number of rotatable bonds is 6. The van der Waals surface area contributed by atoms with Crippen molar-refractivity contribution >= 4 is 41.5 Å². The number of aliphatic imine (C=N–C) groups is 1. The minimum absolute atomic E-state index is 0. The minimum atomic E-state index is -2.91. The SMILES string of the molecule is CN=C(NCc1nc(C)no1)NCc1cc(Cl)ccc1OC(F)F.I. The third-order valence-corrected chi connectivity index (χ3v) is 3.12. The average molecular weight is 488 g/mol. The molecule has 0 radical (unpaired) electrons. The van der Waals surface area contributed by atoms with Gasteiger partial charge in [0.2, 0.25) is 5.89 Å². The number of nitrogens with one attached hydrogen (secondary N) is 2.